The van der Waals surface area contributed by atoms with Crippen LogP contribution < -0.4 is 20.3 Å². The van der Waals surface area contributed by atoms with Crippen molar-refractivity contribution in [3.05, 3.63) is 54.6 Å². The van der Waals surface area contributed by atoms with Crippen molar-refractivity contribution in [2.45, 2.75) is 19.8 Å². The first-order chi connectivity index (χ1) is 13.7. The number of carbonyl (C=O) groups excluding carboxylic acids is 2. The summed E-state index contributed by atoms with van der Waals surface area (Å²) >= 11 is 0. The molecule has 3 rings (SSSR count). The number of nitrogens with zero attached hydrogens (tertiary/aromatic N) is 1. The number of ether oxygens (including phenoxy) is 1. The van der Waals surface area contributed by atoms with Crippen LogP contribution in [-0.4, -0.2) is 38.1 Å². The van der Waals surface area contributed by atoms with Crippen LogP contribution in [0.4, 0.5) is 11.4 Å². The predicted octanol–water partition coefficient (Wildman–Crippen LogP) is 3.06. The Balaban J connectivity index is 1.46. The summed E-state index contributed by atoms with van der Waals surface area (Å²) in [6.07, 6.45) is 1.05. The van der Waals surface area contributed by atoms with E-state index in [2.05, 4.69) is 10.6 Å². The van der Waals surface area contributed by atoms with Crippen molar-refractivity contribution in [1.29, 1.82) is 0 Å². The second-order valence-corrected chi connectivity index (χ2v) is 6.74. The molecule has 28 heavy (non-hydrogen) atoms. The van der Waals surface area contributed by atoms with Crippen molar-refractivity contribution in [3.63, 3.8) is 0 Å². The Morgan fingerprint density at radius 1 is 1.11 bits per heavy atom. The molecule has 2 aromatic rings. The minimum atomic E-state index is -0.329. The molecule has 2 N–H and O–H groups in total. The molecule has 2 aromatic carbocycles. The standard InChI is InChI=1S/C22H27N3O3/c1-2-28-20-12-7-6-11-19(20)25-16-17(15-21(25)26)22(27)24-14-8-13-23-18-9-4-3-5-10-18/h3-7,9-12,17,23H,2,8,13-16H2,1H3,(H,24,27). The normalized spacial score (nSPS) is 16.1. The van der Waals surface area contributed by atoms with Crippen molar-refractivity contribution in [1.82, 2.24) is 5.32 Å². The lowest BCUT2D eigenvalue weighted by Crippen LogP contribution is -2.34. The maximum Gasteiger partial charge on any atom is 0.227 e. The lowest BCUT2D eigenvalue weighted by Gasteiger charge is -2.20. The van der Waals surface area contributed by atoms with Gasteiger partial charge >= 0.3 is 0 Å². The summed E-state index contributed by atoms with van der Waals surface area (Å²) in [5, 5.41) is 6.27. The third-order valence-corrected chi connectivity index (χ3v) is 4.71. The smallest absolute Gasteiger partial charge is 0.227 e. The molecule has 1 fully saturated rings. The molecule has 1 saturated heterocycles. The molecule has 1 heterocycles. The average molecular weight is 381 g/mol. The molecule has 1 unspecified atom stereocenters. The number of para-hydroxylation sites is 3. The summed E-state index contributed by atoms with van der Waals surface area (Å²) in [5.74, 6) is 0.234. The highest BCUT2D eigenvalue weighted by atomic mass is 16.5. The molecule has 1 aliphatic heterocycles. The number of benzene rings is 2. The number of amides is 2. The number of hydrogen-bond acceptors (Lipinski definition) is 4. The first kappa shape index (κ1) is 19.7. The molecular weight excluding hydrogens is 354 g/mol. The number of carbonyl (C=O) groups is 2. The summed E-state index contributed by atoms with van der Waals surface area (Å²) in [6.45, 7) is 4.18. The second kappa shape index (κ2) is 9.78. The zero-order chi connectivity index (χ0) is 19.8. The van der Waals surface area contributed by atoms with Gasteiger partial charge in [-0.25, -0.2) is 0 Å². The third kappa shape index (κ3) is 5.03. The summed E-state index contributed by atoms with van der Waals surface area (Å²) in [6, 6.07) is 17.4. The SMILES string of the molecule is CCOc1ccccc1N1CC(C(=O)NCCCNc2ccccc2)CC1=O. The molecule has 6 nitrogen and oxygen atoms in total. The Kier molecular flexibility index (Phi) is 6.89. The van der Waals surface area contributed by atoms with Gasteiger partial charge < -0.3 is 20.3 Å². The van der Waals surface area contributed by atoms with Gasteiger partial charge in [0, 0.05) is 31.7 Å². The van der Waals surface area contributed by atoms with Crippen molar-refractivity contribution in [2.24, 2.45) is 5.92 Å². The lowest BCUT2D eigenvalue weighted by atomic mass is 10.1. The Hall–Kier alpha value is -3.02. The van der Waals surface area contributed by atoms with Crippen LogP contribution in [0.5, 0.6) is 5.75 Å². The van der Waals surface area contributed by atoms with E-state index in [4.69, 9.17) is 4.74 Å². The van der Waals surface area contributed by atoms with Crippen LogP contribution >= 0.6 is 0 Å². The largest absolute Gasteiger partial charge is 0.492 e. The van der Waals surface area contributed by atoms with Crippen LogP contribution in [0.3, 0.4) is 0 Å². The van der Waals surface area contributed by atoms with Gasteiger partial charge in [-0.2, -0.15) is 0 Å². The van der Waals surface area contributed by atoms with E-state index in [9.17, 15) is 9.59 Å². The van der Waals surface area contributed by atoms with Gasteiger partial charge in [0.05, 0.1) is 18.2 Å². The van der Waals surface area contributed by atoms with Gasteiger partial charge in [-0.05, 0) is 37.6 Å². The van der Waals surface area contributed by atoms with Gasteiger partial charge in [-0.1, -0.05) is 30.3 Å². The number of rotatable bonds is 9. The predicted molar refractivity (Wildman–Crippen MR) is 111 cm³/mol. The van der Waals surface area contributed by atoms with E-state index < -0.39 is 0 Å². The maximum atomic E-state index is 12.5. The minimum absolute atomic E-state index is 0.0435. The number of hydrogen-bond donors (Lipinski definition) is 2. The van der Waals surface area contributed by atoms with Gasteiger partial charge in [0.2, 0.25) is 11.8 Å². The zero-order valence-corrected chi connectivity index (χ0v) is 16.2. The quantitative estimate of drug-likeness (QED) is 0.655. The molecule has 148 valence electrons. The van der Waals surface area contributed by atoms with E-state index in [0.29, 0.717) is 25.4 Å². The van der Waals surface area contributed by atoms with Crippen LogP contribution in [0.2, 0.25) is 0 Å². The summed E-state index contributed by atoms with van der Waals surface area (Å²) < 4.78 is 5.62. The van der Waals surface area contributed by atoms with E-state index in [0.717, 1.165) is 24.3 Å². The Labute approximate surface area is 165 Å². The molecule has 2 amide bonds. The Morgan fingerprint density at radius 3 is 2.64 bits per heavy atom. The van der Waals surface area contributed by atoms with Crippen LogP contribution in [0.15, 0.2) is 54.6 Å². The van der Waals surface area contributed by atoms with Crippen molar-refractivity contribution < 1.29 is 14.3 Å². The highest BCUT2D eigenvalue weighted by Gasteiger charge is 2.36. The summed E-state index contributed by atoms with van der Waals surface area (Å²) in [4.78, 5) is 26.6. The van der Waals surface area contributed by atoms with Crippen LogP contribution in [0.1, 0.15) is 19.8 Å². The van der Waals surface area contributed by atoms with E-state index in [-0.39, 0.29) is 24.2 Å². The van der Waals surface area contributed by atoms with Crippen molar-refractivity contribution in [2.75, 3.05) is 36.5 Å². The summed E-state index contributed by atoms with van der Waals surface area (Å²) in [7, 11) is 0. The molecular formula is C22H27N3O3. The molecule has 6 heteroatoms. The Bertz CT molecular complexity index is 795. The fourth-order valence-electron chi connectivity index (χ4n) is 3.31. The number of anilines is 2. The molecule has 1 atom stereocenters. The van der Waals surface area contributed by atoms with Gasteiger partial charge in [0.25, 0.3) is 0 Å². The van der Waals surface area contributed by atoms with Gasteiger partial charge in [0.1, 0.15) is 5.75 Å². The molecule has 0 saturated carbocycles. The van der Waals surface area contributed by atoms with E-state index in [1.807, 2.05) is 61.5 Å². The molecule has 0 aliphatic carbocycles. The molecule has 0 spiro atoms. The van der Waals surface area contributed by atoms with E-state index >= 15 is 0 Å². The third-order valence-electron chi connectivity index (χ3n) is 4.71. The fourth-order valence-corrected chi connectivity index (χ4v) is 3.31. The Morgan fingerprint density at radius 2 is 1.86 bits per heavy atom. The lowest BCUT2D eigenvalue weighted by molar-refractivity contribution is -0.126. The van der Waals surface area contributed by atoms with Crippen LogP contribution in [-0.2, 0) is 9.59 Å². The van der Waals surface area contributed by atoms with E-state index in [1.165, 1.54) is 0 Å². The van der Waals surface area contributed by atoms with Crippen LogP contribution in [0, 0.1) is 5.92 Å². The first-order valence-electron chi connectivity index (χ1n) is 9.78. The molecule has 0 bridgehead atoms. The van der Waals surface area contributed by atoms with Gasteiger partial charge in [-0.3, -0.25) is 9.59 Å². The first-order valence-corrected chi connectivity index (χ1v) is 9.78. The highest BCUT2D eigenvalue weighted by Crippen LogP contribution is 2.33. The molecule has 0 aromatic heterocycles. The number of nitrogens with one attached hydrogen (secondary N) is 2. The zero-order valence-electron chi connectivity index (χ0n) is 16.2. The van der Waals surface area contributed by atoms with Gasteiger partial charge in [-0.15, -0.1) is 0 Å². The molecule has 1 aliphatic rings. The fraction of sp³-hybridized carbons (Fsp3) is 0.364. The van der Waals surface area contributed by atoms with Gasteiger partial charge in [0.15, 0.2) is 0 Å². The minimum Gasteiger partial charge on any atom is -0.492 e. The monoisotopic (exact) mass is 381 g/mol. The topological polar surface area (TPSA) is 70.7 Å². The maximum absolute atomic E-state index is 12.5. The second-order valence-electron chi connectivity index (χ2n) is 6.74. The molecule has 0 radical (unpaired) electrons. The van der Waals surface area contributed by atoms with Crippen molar-refractivity contribution in [3.8, 4) is 5.75 Å². The van der Waals surface area contributed by atoms with Crippen LogP contribution in [0.25, 0.3) is 0 Å². The summed E-state index contributed by atoms with van der Waals surface area (Å²) in [5.41, 5.74) is 1.80. The van der Waals surface area contributed by atoms with Crippen molar-refractivity contribution >= 4 is 23.2 Å². The highest BCUT2D eigenvalue weighted by molar-refractivity contribution is 6.01. The van der Waals surface area contributed by atoms with E-state index in [1.54, 1.807) is 4.90 Å². The average Bonchev–Trinajstić information content (AvgIpc) is 3.11.